The molecule has 7 nitrogen and oxygen atoms in total. The van der Waals surface area contributed by atoms with E-state index in [9.17, 15) is 9.59 Å². The first kappa shape index (κ1) is 21.0. The summed E-state index contributed by atoms with van der Waals surface area (Å²) < 4.78 is 1.80. The first-order valence-corrected chi connectivity index (χ1v) is 10.3. The van der Waals surface area contributed by atoms with E-state index in [-0.39, 0.29) is 24.8 Å². The van der Waals surface area contributed by atoms with Gasteiger partial charge in [-0.3, -0.25) is 14.6 Å². The van der Waals surface area contributed by atoms with Gasteiger partial charge in [0.15, 0.2) is 0 Å². The molecule has 2 amide bonds. The number of nitrogens with one attached hydrogen (secondary N) is 2. The van der Waals surface area contributed by atoms with Gasteiger partial charge in [-0.15, -0.1) is 0 Å². The Kier molecular flexibility index (Phi) is 6.67. The molecule has 0 saturated heterocycles. The summed E-state index contributed by atoms with van der Waals surface area (Å²) in [7, 11) is 0. The number of benzene rings is 2. The zero-order chi connectivity index (χ0) is 22.2. The third-order valence-corrected chi connectivity index (χ3v) is 4.94. The van der Waals surface area contributed by atoms with Crippen LogP contribution in [-0.2, 0) is 11.3 Å². The van der Waals surface area contributed by atoms with Crippen molar-refractivity contribution in [3.63, 3.8) is 0 Å². The number of carbonyl (C=O) groups is 2. The van der Waals surface area contributed by atoms with Crippen LogP contribution in [-0.4, -0.2) is 33.1 Å². The summed E-state index contributed by atoms with van der Waals surface area (Å²) in [4.78, 5) is 28.6. The molecular weight excluding hydrogens is 402 g/mol. The second kappa shape index (κ2) is 10.2. The van der Waals surface area contributed by atoms with Gasteiger partial charge in [-0.1, -0.05) is 36.4 Å². The van der Waals surface area contributed by atoms with Crippen molar-refractivity contribution in [3.05, 3.63) is 103 Å². The predicted octanol–water partition coefficient (Wildman–Crippen LogP) is 3.37. The van der Waals surface area contributed by atoms with Crippen LogP contribution in [0, 0.1) is 0 Å². The summed E-state index contributed by atoms with van der Waals surface area (Å²) >= 11 is 0. The molecule has 2 N–H and O–H groups in total. The third kappa shape index (κ3) is 5.26. The van der Waals surface area contributed by atoms with Crippen molar-refractivity contribution in [1.82, 2.24) is 25.4 Å². The predicted molar refractivity (Wildman–Crippen MR) is 122 cm³/mol. The Hall–Kier alpha value is -4.26. The van der Waals surface area contributed by atoms with Gasteiger partial charge >= 0.3 is 0 Å². The Morgan fingerprint density at radius 3 is 2.47 bits per heavy atom. The fourth-order valence-corrected chi connectivity index (χ4v) is 3.30. The molecule has 0 spiro atoms. The molecular formula is C25H23N5O2. The monoisotopic (exact) mass is 425 g/mol. The Morgan fingerprint density at radius 2 is 1.66 bits per heavy atom. The van der Waals surface area contributed by atoms with E-state index in [0.29, 0.717) is 12.1 Å². The quantitative estimate of drug-likeness (QED) is 0.453. The maximum atomic E-state index is 12.6. The highest BCUT2D eigenvalue weighted by Gasteiger charge is 2.11. The van der Waals surface area contributed by atoms with E-state index in [1.165, 1.54) is 0 Å². The van der Waals surface area contributed by atoms with E-state index in [4.69, 9.17) is 0 Å². The van der Waals surface area contributed by atoms with E-state index < -0.39 is 0 Å². The molecule has 0 fully saturated rings. The standard InChI is InChI=1S/C25H23N5O2/c31-24(28-18-19-9-13-26-14-10-19)12-15-27-25(32)21-7-4-8-22(17-21)30-23(11-16-29-30)20-5-2-1-3-6-20/h1-11,13-14,16-17H,12,15,18H2,(H,27,32)(H,28,31). The van der Waals surface area contributed by atoms with Gasteiger partial charge in [-0.2, -0.15) is 5.10 Å². The van der Waals surface area contributed by atoms with Crippen molar-refractivity contribution < 1.29 is 9.59 Å². The Balaban J connectivity index is 1.34. The second-order valence-electron chi connectivity index (χ2n) is 7.18. The molecule has 2 aromatic carbocycles. The summed E-state index contributed by atoms with van der Waals surface area (Å²) in [5.41, 5.74) is 4.25. The highest BCUT2D eigenvalue weighted by atomic mass is 16.2. The molecule has 0 bridgehead atoms. The maximum Gasteiger partial charge on any atom is 0.251 e. The smallest absolute Gasteiger partial charge is 0.251 e. The number of pyridine rings is 1. The molecule has 0 radical (unpaired) electrons. The number of carbonyl (C=O) groups excluding carboxylic acids is 2. The topological polar surface area (TPSA) is 88.9 Å². The van der Waals surface area contributed by atoms with E-state index in [1.807, 2.05) is 60.7 Å². The van der Waals surface area contributed by atoms with Crippen LogP contribution < -0.4 is 10.6 Å². The van der Waals surface area contributed by atoms with E-state index in [0.717, 1.165) is 22.5 Å². The molecule has 32 heavy (non-hydrogen) atoms. The van der Waals surface area contributed by atoms with Crippen LogP contribution in [0.5, 0.6) is 0 Å². The fraction of sp³-hybridized carbons (Fsp3) is 0.120. The molecule has 2 aromatic heterocycles. The number of aromatic nitrogens is 3. The van der Waals surface area contributed by atoms with Crippen LogP contribution in [0.25, 0.3) is 16.9 Å². The van der Waals surface area contributed by atoms with Crippen molar-refractivity contribution in [2.45, 2.75) is 13.0 Å². The average molecular weight is 425 g/mol. The fourth-order valence-electron chi connectivity index (χ4n) is 3.30. The molecule has 7 heteroatoms. The Labute approximate surface area is 186 Å². The number of rotatable bonds is 8. The van der Waals surface area contributed by atoms with Crippen LogP contribution in [0.3, 0.4) is 0 Å². The van der Waals surface area contributed by atoms with Gasteiger partial charge in [0.05, 0.1) is 17.6 Å². The Morgan fingerprint density at radius 1 is 0.844 bits per heavy atom. The van der Waals surface area contributed by atoms with Gasteiger partial charge in [-0.05, 0) is 42.0 Å². The lowest BCUT2D eigenvalue weighted by Gasteiger charge is -2.10. The lowest BCUT2D eigenvalue weighted by Crippen LogP contribution is -2.30. The van der Waals surface area contributed by atoms with Crippen molar-refractivity contribution in [3.8, 4) is 16.9 Å². The minimum absolute atomic E-state index is 0.125. The van der Waals surface area contributed by atoms with Crippen LogP contribution in [0.15, 0.2) is 91.4 Å². The lowest BCUT2D eigenvalue weighted by atomic mass is 10.1. The summed E-state index contributed by atoms with van der Waals surface area (Å²) in [6, 6.07) is 22.8. The molecule has 0 aliphatic rings. The average Bonchev–Trinajstić information content (AvgIpc) is 3.34. The van der Waals surface area contributed by atoms with Gasteiger partial charge < -0.3 is 10.6 Å². The van der Waals surface area contributed by atoms with Gasteiger partial charge in [-0.25, -0.2) is 4.68 Å². The van der Waals surface area contributed by atoms with Crippen LogP contribution in [0.4, 0.5) is 0 Å². The largest absolute Gasteiger partial charge is 0.352 e. The zero-order valence-corrected chi connectivity index (χ0v) is 17.4. The minimum Gasteiger partial charge on any atom is -0.352 e. The summed E-state index contributed by atoms with van der Waals surface area (Å²) in [6.45, 7) is 0.688. The van der Waals surface area contributed by atoms with Crippen molar-refractivity contribution in [2.75, 3.05) is 6.54 Å². The van der Waals surface area contributed by atoms with Crippen molar-refractivity contribution in [2.24, 2.45) is 0 Å². The molecule has 0 atom stereocenters. The third-order valence-electron chi connectivity index (χ3n) is 4.94. The molecule has 0 unspecified atom stereocenters. The van der Waals surface area contributed by atoms with Gasteiger partial charge in [0.2, 0.25) is 5.91 Å². The van der Waals surface area contributed by atoms with E-state index in [2.05, 4.69) is 20.7 Å². The molecule has 0 aliphatic carbocycles. The first-order valence-electron chi connectivity index (χ1n) is 10.3. The normalized spacial score (nSPS) is 10.5. The first-order chi connectivity index (χ1) is 15.7. The maximum absolute atomic E-state index is 12.6. The van der Waals surface area contributed by atoms with Gasteiger partial charge in [0, 0.05) is 43.0 Å². The minimum atomic E-state index is -0.234. The SMILES string of the molecule is O=C(CCNC(=O)c1cccc(-n2nccc2-c2ccccc2)c1)NCc1ccncc1. The number of nitrogens with zero attached hydrogens (tertiary/aromatic N) is 3. The van der Waals surface area contributed by atoms with Crippen molar-refractivity contribution >= 4 is 11.8 Å². The highest BCUT2D eigenvalue weighted by molar-refractivity contribution is 5.95. The van der Waals surface area contributed by atoms with E-state index in [1.54, 1.807) is 35.4 Å². The second-order valence-corrected chi connectivity index (χ2v) is 7.18. The van der Waals surface area contributed by atoms with Gasteiger partial charge in [0.1, 0.15) is 0 Å². The van der Waals surface area contributed by atoms with Crippen LogP contribution in [0.1, 0.15) is 22.3 Å². The van der Waals surface area contributed by atoms with Crippen molar-refractivity contribution in [1.29, 1.82) is 0 Å². The Bertz CT molecular complexity index is 1190. The molecule has 160 valence electrons. The molecule has 4 rings (SSSR count). The molecule has 4 aromatic rings. The number of amides is 2. The zero-order valence-electron chi connectivity index (χ0n) is 17.4. The van der Waals surface area contributed by atoms with Gasteiger partial charge in [0.25, 0.3) is 5.91 Å². The molecule has 0 saturated carbocycles. The number of hydrogen-bond acceptors (Lipinski definition) is 4. The highest BCUT2D eigenvalue weighted by Crippen LogP contribution is 2.22. The van der Waals surface area contributed by atoms with Crippen LogP contribution in [0.2, 0.25) is 0 Å². The molecule has 2 heterocycles. The van der Waals surface area contributed by atoms with Crippen LogP contribution >= 0.6 is 0 Å². The lowest BCUT2D eigenvalue weighted by molar-refractivity contribution is -0.121. The summed E-state index contributed by atoms with van der Waals surface area (Å²) in [6.07, 6.45) is 5.30. The summed E-state index contributed by atoms with van der Waals surface area (Å²) in [5, 5.41) is 10.1. The summed E-state index contributed by atoms with van der Waals surface area (Å²) in [5.74, 6) is -0.359. The number of hydrogen-bond donors (Lipinski definition) is 2. The van der Waals surface area contributed by atoms with E-state index >= 15 is 0 Å². The molecule has 0 aliphatic heterocycles.